The Morgan fingerprint density at radius 1 is 0.960 bits per heavy atom. The summed E-state index contributed by atoms with van der Waals surface area (Å²) in [5.41, 5.74) is 5.04. The maximum Gasteiger partial charge on any atom is 0.258 e. The molecule has 0 aliphatic rings. The molecule has 0 saturated heterocycles. The summed E-state index contributed by atoms with van der Waals surface area (Å²) in [6.07, 6.45) is 0. The minimum Gasteiger partial charge on any atom is -0.497 e. The van der Waals surface area contributed by atoms with E-state index < -0.39 is 0 Å². The van der Waals surface area contributed by atoms with Gasteiger partial charge in [-0.2, -0.15) is 4.98 Å². The van der Waals surface area contributed by atoms with Crippen LogP contribution in [-0.4, -0.2) is 17.3 Å². The first-order valence-electron chi connectivity index (χ1n) is 8.05. The maximum absolute atomic E-state index is 5.94. The van der Waals surface area contributed by atoms with Crippen LogP contribution in [0, 0.1) is 20.8 Å². The summed E-state index contributed by atoms with van der Waals surface area (Å²) in [6, 6.07) is 11.8. The molecule has 0 aliphatic carbocycles. The fraction of sp³-hybridized carbons (Fsp3) is 0.200. The van der Waals surface area contributed by atoms with E-state index in [9.17, 15) is 0 Å². The number of nitrogens with zero attached hydrogens (tertiary/aromatic N) is 2. The van der Waals surface area contributed by atoms with Crippen molar-refractivity contribution in [3.63, 3.8) is 0 Å². The monoisotopic (exact) mass is 334 g/mol. The van der Waals surface area contributed by atoms with Gasteiger partial charge in [-0.3, -0.25) is 0 Å². The lowest BCUT2D eigenvalue weighted by molar-refractivity contribution is 0.415. The van der Waals surface area contributed by atoms with Gasteiger partial charge in [0.15, 0.2) is 5.76 Å². The summed E-state index contributed by atoms with van der Waals surface area (Å²) in [4.78, 5) is 4.52. The van der Waals surface area contributed by atoms with Crippen molar-refractivity contribution >= 4 is 11.0 Å². The zero-order chi connectivity index (χ0) is 17.6. The number of benzene rings is 2. The average Bonchev–Trinajstić information content (AvgIpc) is 3.22. The van der Waals surface area contributed by atoms with Crippen molar-refractivity contribution in [3.8, 4) is 28.8 Å². The van der Waals surface area contributed by atoms with Gasteiger partial charge in [-0.1, -0.05) is 11.2 Å². The van der Waals surface area contributed by atoms with E-state index in [0.717, 1.165) is 27.8 Å². The van der Waals surface area contributed by atoms with Crippen molar-refractivity contribution in [3.05, 3.63) is 53.1 Å². The molecular formula is C20H18N2O3. The Morgan fingerprint density at radius 2 is 1.80 bits per heavy atom. The minimum atomic E-state index is 0.445. The lowest BCUT2D eigenvalue weighted by Gasteiger charge is -2.00. The van der Waals surface area contributed by atoms with Gasteiger partial charge in [0.1, 0.15) is 11.3 Å². The number of aromatic nitrogens is 2. The van der Waals surface area contributed by atoms with Gasteiger partial charge in [0, 0.05) is 16.5 Å². The number of furan rings is 1. The first-order valence-corrected chi connectivity index (χ1v) is 8.05. The minimum absolute atomic E-state index is 0.445. The standard InChI is InChI=1S/C20H18N2O3/c1-11-5-6-14(9-12(11)2)20-21-19(22-25-20)18-13(3)16-10-15(23-4)7-8-17(16)24-18/h5-10H,1-4H3. The molecule has 5 nitrogen and oxygen atoms in total. The molecule has 126 valence electrons. The number of ether oxygens (including phenoxy) is 1. The number of hydrogen-bond acceptors (Lipinski definition) is 5. The summed E-state index contributed by atoms with van der Waals surface area (Å²) in [7, 11) is 1.65. The average molecular weight is 334 g/mol. The normalized spacial score (nSPS) is 11.2. The highest BCUT2D eigenvalue weighted by atomic mass is 16.5. The van der Waals surface area contributed by atoms with Crippen LogP contribution in [0.2, 0.25) is 0 Å². The SMILES string of the molecule is COc1ccc2oc(-c3noc(-c4ccc(C)c(C)c4)n3)c(C)c2c1. The molecule has 5 heteroatoms. The van der Waals surface area contributed by atoms with Gasteiger partial charge >= 0.3 is 0 Å². The summed E-state index contributed by atoms with van der Waals surface area (Å²) >= 11 is 0. The van der Waals surface area contributed by atoms with E-state index >= 15 is 0 Å². The summed E-state index contributed by atoms with van der Waals surface area (Å²) < 4.78 is 16.7. The molecule has 0 atom stereocenters. The van der Waals surface area contributed by atoms with Crippen LogP contribution >= 0.6 is 0 Å². The highest BCUT2D eigenvalue weighted by Crippen LogP contribution is 2.34. The predicted octanol–water partition coefficient (Wildman–Crippen LogP) is 5.08. The van der Waals surface area contributed by atoms with Crippen LogP contribution in [0.1, 0.15) is 16.7 Å². The lowest BCUT2D eigenvalue weighted by atomic mass is 10.1. The quantitative estimate of drug-likeness (QED) is 0.522. The topological polar surface area (TPSA) is 61.3 Å². The fourth-order valence-corrected chi connectivity index (χ4v) is 2.85. The Balaban J connectivity index is 1.78. The molecule has 2 aromatic heterocycles. The smallest absolute Gasteiger partial charge is 0.258 e. The number of rotatable bonds is 3. The van der Waals surface area contributed by atoms with Gasteiger partial charge in [-0.05, 0) is 62.2 Å². The van der Waals surface area contributed by atoms with Crippen LogP contribution in [0.3, 0.4) is 0 Å². The molecule has 0 N–H and O–H groups in total. The zero-order valence-electron chi connectivity index (χ0n) is 14.6. The van der Waals surface area contributed by atoms with E-state index in [-0.39, 0.29) is 0 Å². The van der Waals surface area contributed by atoms with Crippen molar-refractivity contribution in [2.24, 2.45) is 0 Å². The van der Waals surface area contributed by atoms with Gasteiger partial charge in [-0.25, -0.2) is 0 Å². The van der Waals surface area contributed by atoms with Crippen molar-refractivity contribution in [1.82, 2.24) is 10.1 Å². The summed E-state index contributed by atoms with van der Waals surface area (Å²) in [6.45, 7) is 6.12. The van der Waals surface area contributed by atoms with Crippen molar-refractivity contribution < 1.29 is 13.7 Å². The molecule has 4 rings (SSSR count). The fourth-order valence-electron chi connectivity index (χ4n) is 2.85. The Morgan fingerprint density at radius 3 is 2.56 bits per heavy atom. The molecule has 2 heterocycles. The molecule has 0 bridgehead atoms. The summed E-state index contributed by atoms with van der Waals surface area (Å²) in [5, 5.41) is 5.08. The Labute approximate surface area is 145 Å². The summed E-state index contributed by atoms with van der Waals surface area (Å²) in [5.74, 6) is 2.32. The molecule has 0 unspecified atom stereocenters. The number of methoxy groups -OCH3 is 1. The van der Waals surface area contributed by atoms with E-state index in [1.54, 1.807) is 7.11 Å². The second-order valence-electron chi connectivity index (χ2n) is 6.14. The molecule has 0 amide bonds. The van der Waals surface area contributed by atoms with Gasteiger partial charge in [0.05, 0.1) is 7.11 Å². The van der Waals surface area contributed by atoms with Crippen LogP contribution < -0.4 is 4.74 Å². The Hall–Kier alpha value is -3.08. The lowest BCUT2D eigenvalue weighted by Crippen LogP contribution is -1.84. The number of fused-ring (bicyclic) bond motifs is 1. The molecule has 25 heavy (non-hydrogen) atoms. The van der Waals surface area contributed by atoms with Gasteiger partial charge in [-0.15, -0.1) is 0 Å². The second-order valence-corrected chi connectivity index (χ2v) is 6.14. The molecule has 4 aromatic rings. The van der Waals surface area contributed by atoms with E-state index in [1.807, 2.05) is 43.3 Å². The van der Waals surface area contributed by atoms with Crippen LogP contribution in [0.4, 0.5) is 0 Å². The van der Waals surface area contributed by atoms with E-state index in [4.69, 9.17) is 13.7 Å². The highest BCUT2D eigenvalue weighted by Gasteiger charge is 2.19. The largest absolute Gasteiger partial charge is 0.497 e. The van der Waals surface area contributed by atoms with Crippen LogP contribution in [0.5, 0.6) is 5.75 Å². The molecule has 0 spiro atoms. The van der Waals surface area contributed by atoms with Crippen molar-refractivity contribution in [2.45, 2.75) is 20.8 Å². The number of hydrogen-bond donors (Lipinski definition) is 0. The molecular weight excluding hydrogens is 316 g/mol. The van der Waals surface area contributed by atoms with Crippen LogP contribution in [0.15, 0.2) is 45.3 Å². The van der Waals surface area contributed by atoms with Gasteiger partial charge < -0.3 is 13.7 Å². The molecule has 0 saturated carbocycles. The second kappa shape index (κ2) is 5.77. The van der Waals surface area contributed by atoms with Gasteiger partial charge in [0.25, 0.3) is 5.89 Å². The molecule has 0 fully saturated rings. The third-order valence-corrected chi connectivity index (χ3v) is 4.53. The van der Waals surface area contributed by atoms with Crippen molar-refractivity contribution in [1.29, 1.82) is 0 Å². The first kappa shape index (κ1) is 15.4. The van der Waals surface area contributed by atoms with Gasteiger partial charge in [0.2, 0.25) is 5.82 Å². The predicted molar refractivity (Wildman–Crippen MR) is 95.7 cm³/mol. The third-order valence-electron chi connectivity index (χ3n) is 4.53. The zero-order valence-corrected chi connectivity index (χ0v) is 14.6. The van der Waals surface area contributed by atoms with Crippen LogP contribution in [0.25, 0.3) is 34.0 Å². The molecule has 0 radical (unpaired) electrons. The van der Waals surface area contributed by atoms with E-state index in [0.29, 0.717) is 17.5 Å². The van der Waals surface area contributed by atoms with E-state index in [2.05, 4.69) is 24.0 Å². The Kier molecular flexibility index (Phi) is 3.57. The van der Waals surface area contributed by atoms with E-state index in [1.165, 1.54) is 11.1 Å². The highest BCUT2D eigenvalue weighted by molar-refractivity contribution is 5.87. The number of aryl methyl sites for hydroxylation is 3. The molecule has 0 aliphatic heterocycles. The van der Waals surface area contributed by atoms with Crippen LogP contribution in [-0.2, 0) is 0 Å². The third kappa shape index (κ3) is 2.58. The first-order chi connectivity index (χ1) is 12.1. The maximum atomic E-state index is 5.94. The van der Waals surface area contributed by atoms with Crippen molar-refractivity contribution in [2.75, 3.05) is 7.11 Å². The Bertz CT molecular complexity index is 1080. The molecule has 2 aromatic carbocycles.